The van der Waals surface area contributed by atoms with Gasteiger partial charge in [-0.1, -0.05) is 32.9 Å². The van der Waals surface area contributed by atoms with Crippen molar-refractivity contribution in [2.24, 2.45) is 5.92 Å². The Morgan fingerprint density at radius 2 is 1.71 bits per heavy atom. The highest BCUT2D eigenvalue weighted by Crippen LogP contribution is 2.19. The Morgan fingerprint density at radius 3 is 2.10 bits per heavy atom. The molecule has 0 atom stereocenters. The van der Waals surface area contributed by atoms with E-state index in [4.69, 9.17) is 0 Å². The first-order valence-electron chi connectivity index (χ1n) is 7.37. The number of likely N-dealkylation sites (N-methyl/N-ethyl adjacent to an activating group) is 1. The third-order valence-corrected chi connectivity index (χ3v) is 5.06. The number of nitrogens with zero attached hydrogens (tertiary/aromatic N) is 1. The minimum Gasteiger partial charge on any atom is -0.389 e. The van der Waals surface area contributed by atoms with Crippen LogP contribution in [0.5, 0.6) is 0 Å². The van der Waals surface area contributed by atoms with Crippen LogP contribution in [0.2, 0.25) is 0 Å². The third kappa shape index (κ3) is 5.41. The summed E-state index contributed by atoms with van der Waals surface area (Å²) >= 11 is 0. The zero-order valence-corrected chi connectivity index (χ0v) is 14.4. The average Bonchev–Trinajstić information content (AvgIpc) is 2.34. The molecule has 0 bridgehead atoms. The molecule has 0 aliphatic carbocycles. The van der Waals surface area contributed by atoms with E-state index in [1.165, 1.54) is 4.31 Å². The molecular formula is C16H27NO3S. The molecule has 0 radical (unpaired) electrons. The Labute approximate surface area is 128 Å². The summed E-state index contributed by atoms with van der Waals surface area (Å²) in [5.41, 5.74) is 0.0789. The summed E-state index contributed by atoms with van der Waals surface area (Å²) in [5.74, 6) is 0.537. The molecule has 120 valence electrons. The summed E-state index contributed by atoms with van der Waals surface area (Å²) < 4.78 is 26.5. The third-order valence-electron chi connectivity index (χ3n) is 3.12. The zero-order chi connectivity index (χ0) is 16.3. The van der Waals surface area contributed by atoms with Crippen molar-refractivity contribution in [2.75, 3.05) is 13.1 Å². The number of rotatable bonds is 7. The topological polar surface area (TPSA) is 57.6 Å². The van der Waals surface area contributed by atoms with Gasteiger partial charge < -0.3 is 5.11 Å². The van der Waals surface area contributed by atoms with Gasteiger partial charge >= 0.3 is 0 Å². The molecule has 1 aromatic rings. The molecule has 0 aliphatic heterocycles. The van der Waals surface area contributed by atoms with Crippen molar-refractivity contribution < 1.29 is 13.5 Å². The number of benzene rings is 1. The van der Waals surface area contributed by atoms with E-state index in [1.807, 2.05) is 12.1 Å². The Balaban J connectivity index is 3.00. The lowest BCUT2D eigenvalue weighted by Gasteiger charge is -2.27. The van der Waals surface area contributed by atoms with E-state index < -0.39 is 15.6 Å². The van der Waals surface area contributed by atoms with Crippen molar-refractivity contribution in [3.63, 3.8) is 0 Å². The van der Waals surface area contributed by atoms with Crippen LogP contribution >= 0.6 is 0 Å². The monoisotopic (exact) mass is 313 g/mol. The van der Waals surface area contributed by atoms with Crippen molar-refractivity contribution in [2.45, 2.75) is 51.5 Å². The Hall–Kier alpha value is -0.910. The highest BCUT2D eigenvalue weighted by Gasteiger charge is 2.28. The van der Waals surface area contributed by atoms with Crippen LogP contribution in [0.3, 0.4) is 0 Å². The minimum absolute atomic E-state index is 0.0829. The second-order valence-corrected chi connectivity index (χ2v) is 8.42. The average molecular weight is 313 g/mol. The SMILES string of the molecule is CCN(CC(C)(C)O)S(=O)(=O)c1ccc(CC(C)C)cc1. The molecule has 0 saturated heterocycles. The van der Waals surface area contributed by atoms with Crippen molar-refractivity contribution in [3.8, 4) is 0 Å². The van der Waals surface area contributed by atoms with Gasteiger partial charge in [0.15, 0.2) is 0 Å². The number of hydrogen-bond donors (Lipinski definition) is 1. The second kappa shape index (κ2) is 6.90. The van der Waals surface area contributed by atoms with Crippen LogP contribution in [0.1, 0.15) is 40.2 Å². The zero-order valence-electron chi connectivity index (χ0n) is 13.6. The van der Waals surface area contributed by atoms with Crippen molar-refractivity contribution in [1.29, 1.82) is 0 Å². The molecule has 1 aromatic carbocycles. The molecule has 0 aromatic heterocycles. The molecule has 5 heteroatoms. The predicted octanol–water partition coefficient (Wildman–Crippen LogP) is 2.67. The lowest BCUT2D eigenvalue weighted by atomic mass is 10.0. The molecule has 0 aliphatic rings. The van der Waals surface area contributed by atoms with E-state index in [1.54, 1.807) is 32.9 Å². The second-order valence-electron chi connectivity index (χ2n) is 6.49. The number of hydrogen-bond acceptors (Lipinski definition) is 3. The molecule has 0 saturated carbocycles. The lowest BCUT2D eigenvalue weighted by molar-refractivity contribution is 0.0601. The maximum absolute atomic E-state index is 12.6. The van der Waals surface area contributed by atoms with Crippen LogP contribution in [0.25, 0.3) is 0 Å². The maximum atomic E-state index is 12.6. The summed E-state index contributed by atoms with van der Waals surface area (Å²) in [4.78, 5) is 0.279. The largest absolute Gasteiger partial charge is 0.389 e. The lowest BCUT2D eigenvalue weighted by Crippen LogP contribution is -2.42. The highest BCUT2D eigenvalue weighted by atomic mass is 32.2. The van der Waals surface area contributed by atoms with E-state index in [-0.39, 0.29) is 11.4 Å². The first kappa shape index (κ1) is 18.1. The molecule has 0 heterocycles. The van der Waals surface area contributed by atoms with E-state index in [0.717, 1.165) is 12.0 Å². The Kier molecular flexibility index (Phi) is 5.96. The summed E-state index contributed by atoms with van der Waals surface area (Å²) in [7, 11) is -3.56. The van der Waals surface area contributed by atoms with Gasteiger partial charge in [0.2, 0.25) is 10.0 Å². The van der Waals surface area contributed by atoms with Gasteiger partial charge in [-0.2, -0.15) is 4.31 Å². The fourth-order valence-corrected chi connectivity index (χ4v) is 3.82. The van der Waals surface area contributed by atoms with Gasteiger partial charge in [0.1, 0.15) is 0 Å². The van der Waals surface area contributed by atoms with Crippen LogP contribution in [-0.4, -0.2) is 36.5 Å². The van der Waals surface area contributed by atoms with E-state index >= 15 is 0 Å². The molecule has 4 nitrogen and oxygen atoms in total. The van der Waals surface area contributed by atoms with Gasteiger partial charge in [0.25, 0.3) is 0 Å². The normalized spacial score (nSPS) is 13.1. The predicted molar refractivity (Wildman–Crippen MR) is 85.7 cm³/mol. The van der Waals surface area contributed by atoms with Gasteiger partial charge in [0.05, 0.1) is 10.5 Å². The molecule has 1 N–H and O–H groups in total. The molecule has 0 spiro atoms. The standard InChI is InChI=1S/C16H27NO3S/c1-6-17(12-16(4,5)18)21(19,20)15-9-7-14(8-10-15)11-13(2)3/h7-10,13,18H,6,11-12H2,1-5H3. The fraction of sp³-hybridized carbons (Fsp3) is 0.625. The van der Waals surface area contributed by atoms with Gasteiger partial charge in [-0.25, -0.2) is 8.42 Å². The van der Waals surface area contributed by atoms with Gasteiger partial charge in [-0.3, -0.25) is 0 Å². The van der Waals surface area contributed by atoms with E-state index in [0.29, 0.717) is 12.5 Å². The summed E-state index contributed by atoms with van der Waals surface area (Å²) in [5, 5.41) is 9.87. The minimum atomic E-state index is -3.56. The fourth-order valence-electron chi connectivity index (χ4n) is 2.22. The van der Waals surface area contributed by atoms with Gasteiger partial charge in [-0.15, -0.1) is 0 Å². The molecule has 1 rings (SSSR count). The van der Waals surface area contributed by atoms with Crippen LogP contribution < -0.4 is 0 Å². The molecular weight excluding hydrogens is 286 g/mol. The summed E-state index contributed by atoms with van der Waals surface area (Å²) in [6.45, 7) is 9.67. The van der Waals surface area contributed by atoms with E-state index in [9.17, 15) is 13.5 Å². The number of aliphatic hydroxyl groups is 1. The molecule has 21 heavy (non-hydrogen) atoms. The van der Waals surface area contributed by atoms with E-state index in [2.05, 4.69) is 13.8 Å². The summed E-state index contributed by atoms with van der Waals surface area (Å²) in [6, 6.07) is 7.04. The molecule has 0 fully saturated rings. The molecule has 0 unspecified atom stereocenters. The quantitative estimate of drug-likeness (QED) is 0.842. The Bertz CT molecular complexity index is 542. The first-order valence-corrected chi connectivity index (χ1v) is 8.81. The highest BCUT2D eigenvalue weighted by molar-refractivity contribution is 7.89. The van der Waals surface area contributed by atoms with Crippen molar-refractivity contribution >= 4 is 10.0 Å². The molecule has 0 amide bonds. The van der Waals surface area contributed by atoms with Crippen LogP contribution in [0.15, 0.2) is 29.2 Å². The smallest absolute Gasteiger partial charge is 0.243 e. The summed E-state index contributed by atoms with van der Waals surface area (Å²) in [6.07, 6.45) is 0.932. The maximum Gasteiger partial charge on any atom is 0.243 e. The van der Waals surface area contributed by atoms with Crippen LogP contribution in [0.4, 0.5) is 0 Å². The van der Waals surface area contributed by atoms with Gasteiger partial charge in [-0.05, 0) is 43.9 Å². The van der Waals surface area contributed by atoms with Crippen LogP contribution in [0, 0.1) is 5.92 Å². The van der Waals surface area contributed by atoms with Crippen molar-refractivity contribution in [3.05, 3.63) is 29.8 Å². The first-order chi connectivity index (χ1) is 9.56. The van der Waals surface area contributed by atoms with Crippen molar-refractivity contribution in [1.82, 2.24) is 4.31 Å². The van der Waals surface area contributed by atoms with Gasteiger partial charge in [0, 0.05) is 13.1 Å². The Morgan fingerprint density at radius 1 is 1.19 bits per heavy atom. The number of sulfonamides is 1. The van der Waals surface area contributed by atoms with Crippen LogP contribution in [-0.2, 0) is 16.4 Å².